The molecule has 2 rings (SSSR count). The van der Waals surface area contributed by atoms with Crippen molar-refractivity contribution in [3.63, 3.8) is 0 Å². The van der Waals surface area contributed by atoms with Crippen molar-refractivity contribution >= 4 is 5.97 Å². The predicted molar refractivity (Wildman–Crippen MR) is 99.1 cm³/mol. The number of ether oxygens (including phenoxy) is 1. The third-order valence-corrected chi connectivity index (χ3v) is 5.16. The van der Waals surface area contributed by atoms with Gasteiger partial charge in [0.2, 0.25) is 0 Å². The molecule has 24 heavy (non-hydrogen) atoms. The molecule has 1 aromatic rings. The van der Waals surface area contributed by atoms with Gasteiger partial charge in [-0.1, -0.05) is 51.3 Å². The molecule has 0 spiro atoms. The summed E-state index contributed by atoms with van der Waals surface area (Å²) >= 11 is 0. The van der Waals surface area contributed by atoms with E-state index in [-0.39, 0.29) is 6.54 Å². The highest BCUT2D eigenvalue weighted by molar-refractivity contribution is 5.89. The topological polar surface area (TPSA) is 52.3 Å². The van der Waals surface area contributed by atoms with Crippen molar-refractivity contribution in [2.24, 2.45) is 11.7 Å². The molecular formula is C21H31NO2. The summed E-state index contributed by atoms with van der Waals surface area (Å²) in [6.07, 6.45) is 10.7. The van der Waals surface area contributed by atoms with Crippen LogP contribution in [0.5, 0.6) is 5.75 Å². The summed E-state index contributed by atoms with van der Waals surface area (Å²) in [5, 5.41) is 0. The Bertz CT molecular complexity index is 527. The lowest BCUT2D eigenvalue weighted by Gasteiger charge is -2.29. The molecule has 0 atom stereocenters. The van der Waals surface area contributed by atoms with Crippen LogP contribution in [0.2, 0.25) is 0 Å². The highest BCUT2D eigenvalue weighted by Gasteiger charge is 2.22. The van der Waals surface area contributed by atoms with Gasteiger partial charge in [0.25, 0.3) is 0 Å². The zero-order valence-corrected chi connectivity index (χ0v) is 14.9. The van der Waals surface area contributed by atoms with E-state index in [0.29, 0.717) is 17.2 Å². The minimum Gasteiger partial charge on any atom is -0.423 e. The maximum absolute atomic E-state index is 11.7. The van der Waals surface area contributed by atoms with Gasteiger partial charge >= 0.3 is 5.97 Å². The van der Waals surface area contributed by atoms with Crippen molar-refractivity contribution in [1.29, 1.82) is 0 Å². The fraction of sp³-hybridized carbons (Fsp3) is 0.571. The SMILES string of the molecule is C=C(CN)C(=O)Oc1ccc(C2CCC(CCCCC)CC2)cc1. The van der Waals surface area contributed by atoms with Crippen molar-refractivity contribution < 1.29 is 9.53 Å². The van der Waals surface area contributed by atoms with Crippen LogP contribution in [-0.2, 0) is 4.79 Å². The molecule has 0 unspecified atom stereocenters. The maximum atomic E-state index is 11.7. The van der Waals surface area contributed by atoms with E-state index in [0.717, 1.165) is 5.92 Å². The van der Waals surface area contributed by atoms with Gasteiger partial charge in [-0.05, 0) is 55.2 Å². The molecule has 3 heteroatoms. The van der Waals surface area contributed by atoms with Crippen molar-refractivity contribution in [2.75, 3.05) is 6.54 Å². The quantitative estimate of drug-likeness (QED) is 0.317. The van der Waals surface area contributed by atoms with Crippen LogP contribution in [0.3, 0.4) is 0 Å². The predicted octanol–water partition coefficient (Wildman–Crippen LogP) is 4.96. The minimum atomic E-state index is -0.446. The number of hydrogen-bond donors (Lipinski definition) is 1. The first-order valence-electron chi connectivity index (χ1n) is 9.34. The first-order valence-corrected chi connectivity index (χ1v) is 9.34. The van der Waals surface area contributed by atoms with Crippen LogP contribution in [0.25, 0.3) is 0 Å². The first kappa shape index (κ1) is 18.7. The smallest absolute Gasteiger partial charge is 0.340 e. The summed E-state index contributed by atoms with van der Waals surface area (Å²) in [5.41, 5.74) is 7.05. The van der Waals surface area contributed by atoms with E-state index in [1.165, 1.54) is 56.9 Å². The number of unbranched alkanes of at least 4 members (excludes halogenated alkanes) is 2. The Hall–Kier alpha value is -1.61. The first-order chi connectivity index (χ1) is 11.6. The Morgan fingerprint density at radius 3 is 2.42 bits per heavy atom. The minimum absolute atomic E-state index is 0.123. The van der Waals surface area contributed by atoms with Gasteiger partial charge in [0.05, 0.1) is 0 Å². The Morgan fingerprint density at radius 1 is 1.17 bits per heavy atom. The molecule has 1 aliphatic rings. The van der Waals surface area contributed by atoms with Gasteiger partial charge in [-0.3, -0.25) is 0 Å². The van der Waals surface area contributed by atoms with Crippen LogP contribution in [0.4, 0.5) is 0 Å². The Morgan fingerprint density at radius 2 is 1.83 bits per heavy atom. The summed E-state index contributed by atoms with van der Waals surface area (Å²) in [6.45, 7) is 5.99. The summed E-state index contributed by atoms with van der Waals surface area (Å²) in [7, 11) is 0. The second kappa shape index (κ2) is 9.63. The fourth-order valence-electron chi connectivity index (χ4n) is 3.54. The van der Waals surface area contributed by atoms with Crippen LogP contribution in [-0.4, -0.2) is 12.5 Å². The standard InChI is InChI=1S/C21H31NO2/c1-3-4-5-6-17-7-9-18(10-8-17)19-11-13-20(14-12-19)24-21(23)16(2)15-22/h11-14,17-18H,2-10,15,22H2,1H3. The highest BCUT2D eigenvalue weighted by atomic mass is 16.5. The Kier molecular flexibility index (Phi) is 7.51. The zero-order chi connectivity index (χ0) is 17.4. The Labute approximate surface area is 146 Å². The van der Waals surface area contributed by atoms with Gasteiger partial charge < -0.3 is 10.5 Å². The molecule has 3 nitrogen and oxygen atoms in total. The van der Waals surface area contributed by atoms with Gasteiger partial charge in [0.1, 0.15) is 5.75 Å². The lowest BCUT2D eigenvalue weighted by atomic mass is 9.77. The van der Waals surface area contributed by atoms with Gasteiger partial charge in [-0.25, -0.2) is 4.79 Å². The molecule has 1 saturated carbocycles. The lowest BCUT2D eigenvalue weighted by molar-refractivity contribution is -0.130. The van der Waals surface area contributed by atoms with Gasteiger partial charge in [-0.2, -0.15) is 0 Å². The second-order valence-corrected chi connectivity index (χ2v) is 6.98. The average Bonchev–Trinajstić information content (AvgIpc) is 2.62. The van der Waals surface area contributed by atoms with E-state index in [2.05, 4.69) is 25.6 Å². The highest BCUT2D eigenvalue weighted by Crippen LogP contribution is 2.38. The third-order valence-electron chi connectivity index (χ3n) is 5.16. The van der Waals surface area contributed by atoms with Crippen LogP contribution in [0.1, 0.15) is 69.8 Å². The van der Waals surface area contributed by atoms with Crippen LogP contribution in [0.15, 0.2) is 36.4 Å². The number of carbonyl (C=O) groups is 1. The molecule has 1 aromatic carbocycles. The van der Waals surface area contributed by atoms with Crippen molar-refractivity contribution in [3.05, 3.63) is 42.0 Å². The molecular weight excluding hydrogens is 298 g/mol. The number of benzene rings is 1. The Balaban J connectivity index is 1.82. The molecule has 132 valence electrons. The van der Waals surface area contributed by atoms with E-state index >= 15 is 0 Å². The largest absolute Gasteiger partial charge is 0.423 e. The molecule has 0 heterocycles. The van der Waals surface area contributed by atoms with Crippen LogP contribution < -0.4 is 10.5 Å². The van der Waals surface area contributed by atoms with Crippen molar-refractivity contribution in [2.45, 2.75) is 64.2 Å². The number of esters is 1. The van der Waals surface area contributed by atoms with E-state index in [1.54, 1.807) is 0 Å². The van der Waals surface area contributed by atoms with E-state index < -0.39 is 5.97 Å². The number of rotatable bonds is 8. The van der Waals surface area contributed by atoms with Crippen LogP contribution in [0, 0.1) is 5.92 Å². The van der Waals surface area contributed by atoms with E-state index in [4.69, 9.17) is 10.5 Å². The summed E-state index contributed by atoms with van der Waals surface area (Å²) in [5.74, 6) is 1.69. The molecule has 1 fully saturated rings. The molecule has 0 aliphatic heterocycles. The van der Waals surface area contributed by atoms with Crippen LogP contribution >= 0.6 is 0 Å². The van der Waals surface area contributed by atoms with E-state index in [9.17, 15) is 4.79 Å². The zero-order valence-electron chi connectivity index (χ0n) is 14.9. The van der Waals surface area contributed by atoms with Crippen molar-refractivity contribution in [1.82, 2.24) is 0 Å². The van der Waals surface area contributed by atoms with E-state index in [1.807, 2.05) is 12.1 Å². The molecule has 0 saturated heterocycles. The van der Waals surface area contributed by atoms with Gasteiger partial charge in [0, 0.05) is 12.1 Å². The summed E-state index contributed by atoms with van der Waals surface area (Å²) in [6, 6.07) is 7.94. The number of carbonyl (C=O) groups excluding carboxylic acids is 1. The molecule has 2 N–H and O–H groups in total. The third kappa shape index (κ3) is 5.48. The average molecular weight is 329 g/mol. The molecule has 0 radical (unpaired) electrons. The van der Waals surface area contributed by atoms with Gasteiger partial charge in [-0.15, -0.1) is 0 Å². The molecule has 0 bridgehead atoms. The number of nitrogens with two attached hydrogens (primary N) is 1. The number of hydrogen-bond acceptors (Lipinski definition) is 3. The van der Waals surface area contributed by atoms with Crippen molar-refractivity contribution in [3.8, 4) is 5.75 Å². The second-order valence-electron chi connectivity index (χ2n) is 6.98. The van der Waals surface area contributed by atoms with Gasteiger partial charge in [0.15, 0.2) is 0 Å². The molecule has 0 aromatic heterocycles. The fourth-order valence-corrected chi connectivity index (χ4v) is 3.54. The molecule has 1 aliphatic carbocycles. The lowest BCUT2D eigenvalue weighted by Crippen LogP contribution is -2.17. The monoisotopic (exact) mass is 329 g/mol. The summed E-state index contributed by atoms with van der Waals surface area (Å²) in [4.78, 5) is 11.7. The summed E-state index contributed by atoms with van der Waals surface area (Å²) < 4.78 is 5.26. The maximum Gasteiger partial charge on any atom is 0.340 e. The molecule has 0 amide bonds. The normalized spacial score (nSPS) is 20.6.